The van der Waals surface area contributed by atoms with Crippen LogP contribution < -0.4 is 5.32 Å². The highest BCUT2D eigenvalue weighted by molar-refractivity contribution is 7.89. The van der Waals surface area contributed by atoms with Crippen LogP contribution in [0.2, 0.25) is 0 Å². The molecule has 1 aromatic rings. The highest BCUT2D eigenvalue weighted by Gasteiger charge is 2.31. The molecular formula is C19H30ClN3O3S. The van der Waals surface area contributed by atoms with Crippen LogP contribution in [0.15, 0.2) is 29.2 Å². The summed E-state index contributed by atoms with van der Waals surface area (Å²) in [5.74, 6) is -0.0187. The predicted octanol–water partition coefficient (Wildman–Crippen LogP) is 2.50. The van der Waals surface area contributed by atoms with E-state index in [-0.39, 0.29) is 29.3 Å². The normalized spacial score (nSPS) is 22.3. The number of carbonyl (C=O) groups excluding carboxylic acids is 1. The number of carbonyl (C=O) groups is 1. The number of rotatable bonds is 4. The Kier molecular flexibility index (Phi) is 7.68. The van der Waals surface area contributed by atoms with Crippen molar-refractivity contribution in [3.8, 4) is 0 Å². The number of sulfonamides is 1. The van der Waals surface area contributed by atoms with E-state index in [0.29, 0.717) is 18.2 Å². The lowest BCUT2D eigenvalue weighted by atomic mass is 10.0. The maximum atomic E-state index is 12.9. The van der Waals surface area contributed by atoms with Crippen LogP contribution in [0, 0.1) is 0 Å². The quantitative estimate of drug-likeness (QED) is 0.820. The number of halogens is 1. The molecule has 0 aromatic heterocycles. The van der Waals surface area contributed by atoms with Crippen molar-refractivity contribution in [2.45, 2.75) is 56.0 Å². The van der Waals surface area contributed by atoms with Gasteiger partial charge in [-0.1, -0.05) is 6.42 Å². The molecule has 8 heteroatoms. The molecule has 2 fully saturated rings. The highest BCUT2D eigenvalue weighted by atomic mass is 35.5. The number of hydrogen-bond acceptors (Lipinski definition) is 4. The average molecular weight is 416 g/mol. The number of likely N-dealkylation sites (tertiary alicyclic amines) is 1. The van der Waals surface area contributed by atoms with Gasteiger partial charge in [0.05, 0.1) is 4.90 Å². The standard InChI is InChI=1S/C19H29N3O3S.ClH/c1-15-5-3-4-12-22(15)26(24,25)18-8-6-16(7-9-18)19(23)21-13-10-17(20-2)11-14-21;/h6-9,15,17,20H,3-5,10-14H2,1-2H3;1H. The van der Waals surface area contributed by atoms with E-state index in [4.69, 9.17) is 0 Å². The Hall–Kier alpha value is -1.15. The average Bonchev–Trinajstić information content (AvgIpc) is 2.68. The number of benzene rings is 1. The van der Waals surface area contributed by atoms with E-state index in [1.165, 1.54) is 0 Å². The molecule has 2 aliphatic heterocycles. The number of piperidine rings is 2. The van der Waals surface area contributed by atoms with Crippen molar-refractivity contribution in [1.82, 2.24) is 14.5 Å². The van der Waals surface area contributed by atoms with Crippen molar-refractivity contribution in [1.29, 1.82) is 0 Å². The van der Waals surface area contributed by atoms with E-state index < -0.39 is 10.0 Å². The lowest BCUT2D eigenvalue weighted by molar-refractivity contribution is 0.0707. The van der Waals surface area contributed by atoms with E-state index in [1.807, 2.05) is 18.9 Å². The van der Waals surface area contributed by atoms with E-state index in [9.17, 15) is 13.2 Å². The molecule has 1 N–H and O–H groups in total. The lowest BCUT2D eigenvalue weighted by Crippen LogP contribution is -2.44. The summed E-state index contributed by atoms with van der Waals surface area (Å²) < 4.78 is 27.3. The van der Waals surface area contributed by atoms with Crippen molar-refractivity contribution >= 4 is 28.3 Å². The minimum atomic E-state index is -3.49. The fourth-order valence-corrected chi connectivity index (χ4v) is 5.59. The zero-order chi connectivity index (χ0) is 18.7. The third-order valence-electron chi connectivity index (χ3n) is 5.64. The number of nitrogens with one attached hydrogen (secondary N) is 1. The Bertz CT molecular complexity index is 731. The van der Waals surface area contributed by atoms with Gasteiger partial charge in [0, 0.05) is 37.3 Å². The van der Waals surface area contributed by atoms with Gasteiger partial charge in [-0.2, -0.15) is 4.31 Å². The van der Waals surface area contributed by atoms with E-state index in [2.05, 4.69) is 5.32 Å². The van der Waals surface area contributed by atoms with Crippen LogP contribution in [-0.2, 0) is 10.0 Å². The fraction of sp³-hybridized carbons (Fsp3) is 0.632. The van der Waals surface area contributed by atoms with Crippen molar-refractivity contribution in [2.24, 2.45) is 0 Å². The van der Waals surface area contributed by atoms with Crippen molar-refractivity contribution in [2.75, 3.05) is 26.7 Å². The third-order valence-corrected chi connectivity index (χ3v) is 7.67. The van der Waals surface area contributed by atoms with Crippen LogP contribution in [-0.4, -0.2) is 62.3 Å². The molecule has 1 amide bonds. The van der Waals surface area contributed by atoms with E-state index in [1.54, 1.807) is 28.6 Å². The molecular weight excluding hydrogens is 386 g/mol. The van der Waals surface area contributed by atoms with Gasteiger partial charge in [0.2, 0.25) is 10.0 Å². The van der Waals surface area contributed by atoms with E-state index >= 15 is 0 Å². The van der Waals surface area contributed by atoms with Crippen molar-refractivity contribution < 1.29 is 13.2 Å². The number of amides is 1. The number of hydrogen-bond donors (Lipinski definition) is 1. The maximum Gasteiger partial charge on any atom is 0.253 e. The molecule has 27 heavy (non-hydrogen) atoms. The second-order valence-electron chi connectivity index (χ2n) is 7.34. The first-order chi connectivity index (χ1) is 12.4. The summed E-state index contributed by atoms with van der Waals surface area (Å²) >= 11 is 0. The second kappa shape index (κ2) is 9.37. The predicted molar refractivity (Wildman–Crippen MR) is 109 cm³/mol. The Morgan fingerprint density at radius 1 is 1.04 bits per heavy atom. The third kappa shape index (κ3) is 4.83. The van der Waals surface area contributed by atoms with Crippen LogP contribution in [0.25, 0.3) is 0 Å². The highest BCUT2D eigenvalue weighted by Crippen LogP contribution is 2.25. The molecule has 0 spiro atoms. The zero-order valence-electron chi connectivity index (χ0n) is 16.1. The van der Waals surface area contributed by atoms with Gasteiger partial charge in [0.1, 0.15) is 0 Å². The molecule has 2 heterocycles. The van der Waals surface area contributed by atoms with Crippen LogP contribution in [0.5, 0.6) is 0 Å². The summed E-state index contributed by atoms with van der Waals surface area (Å²) in [4.78, 5) is 14.8. The Morgan fingerprint density at radius 3 is 2.22 bits per heavy atom. The van der Waals surface area contributed by atoms with Gasteiger partial charge >= 0.3 is 0 Å². The summed E-state index contributed by atoms with van der Waals surface area (Å²) in [6.45, 7) is 4.00. The van der Waals surface area contributed by atoms with Crippen LogP contribution in [0.4, 0.5) is 0 Å². The van der Waals surface area contributed by atoms with Gasteiger partial charge in [-0.15, -0.1) is 12.4 Å². The summed E-state index contributed by atoms with van der Waals surface area (Å²) in [5.41, 5.74) is 0.554. The molecule has 1 unspecified atom stereocenters. The van der Waals surface area contributed by atoms with Gasteiger partial charge in [0.25, 0.3) is 5.91 Å². The van der Waals surface area contributed by atoms with Crippen molar-refractivity contribution in [3.63, 3.8) is 0 Å². The van der Waals surface area contributed by atoms with Gasteiger partial charge in [-0.3, -0.25) is 4.79 Å². The molecule has 2 saturated heterocycles. The molecule has 3 rings (SSSR count). The molecule has 1 atom stereocenters. The maximum absolute atomic E-state index is 12.9. The van der Waals surface area contributed by atoms with E-state index in [0.717, 1.165) is 45.2 Å². The first kappa shape index (κ1) is 22.1. The first-order valence-corrected chi connectivity index (χ1v) is 11.0. The minimum absolute atomic E-state index is 0. The first-order valence-electron chi connectivity index (χ1n) is 9.52. The number of nitrogens with zero attached hydrogens (tertiary/aromatic N) is 2. The van der Waals surface area contributed by atoms with Crippen LogP contribution in [0.1, 0.15) is 49.4 Å². The lowest BCUT2D eigenvalue weighted by Gasteiger charge is -2.32. The van der Waals surface area contributed by atoms with Gasteiger partial charge in [-0.05, 0) is 63.9 Å². The van der Waals surface area contributed by atoms with Crippen molar-refractivity contribution in [3.05, 3.63) is 29.8 Å². The Morgan fingerprint density at radius 2 is 1.67 bits per heavy atom. The summed E-state index contributed by atoms with van der Waals surface area (Å²) in [7, 11) is -1.54. The molecule has 0 bridgehead atoms. The molecule has 2 aliphatic rings. The smallest absolute Gasteiger partial charge is 0.253 e. The summed E-state index contributed by atoms with van der Waals surface area (Å²) in [6, 6.07) is 6.94. The molecule has 152 valence electrons. The minimum Gasteiger partial charge on any atom is -0.339 e. The summed E-state index contributed by atoms with van der Waals surface area (Å²) in [6.07, 6.45) is 4.77. The van der Waals surface area contributed by atoms with Gasteiger partial charge in [0.15, 0.2) is 0 Å². The zero-order valence-corrected chi connectivity index (χ0v) is 17.7. The van der Waals surface area contributed by atoms with Gasteiger partial charge < -0.3 is 10.2 Å². The van der Waals surface area contributed by atoms with Crippen LogP contribution >= 0.6 is 12.4 Å². The largest absolute Gasteiger partial charge is 0.339 e. The summed E-state index contributed by atoms with van der Waals surface area (Å²) in [5, 5.41) is 3.25. The molecule has 0 aliphatic carbocycles. The molecule has 6 nitrogen and oxygen atoms in total. The SMILES string of the molecule is CNC1CCN(C(=O)c2ccc(S(=O)(=O)N3CCCCC3C)cc2)CC1.Cl. The van der Waals surface area contributed by atoms with Crippen LogP contribution in [0.3, 0.4) is 0 Å². The molecule has 0 radical (unpaired) electrons. The monoisotopic (exact) mass is 415 g/mol. The fourth-order valence-electron chi connectivity index (χ4n) is 3.89. The Balaban J connectivity index is 0.00000261. The topological polar surface area (TPSA) is 69.7 Å². The molecule has 0 saturated carbocycles. The Labute approximate surface area is 168 Å². The van der Waals surface area contributed by atoms with Gasteiger partial charge in [-0.25, -0.2) is 8.42 Å². The second-order valence-corrected chi connectivity index (χ2v) is 9.23. The molecule has 1 aromatic carbocycles.